The van der Waals surface area contributed by atoms with Gasteiger partial charge in [0.1, 0.15) is 12.4 Å². The number of carbonyl (C=O) groups excluding carboxylic acids is 3. The number of ether oxygens (including phenoxy) is 3. The van der Waals surface area contributed by atoms with Crippen LogP contribution in [-0.4, -0.2) is 43.7 Å². The van der Waals surface area contributed by atoms with Crippen LogP contribution in [0.5, 0.6) is 5.75 Å². The summed E-state index contributed by atoms with van der Waals surface area (Å²) in [4.78, 5) is 35.9. The summed E-state index contributed by atoms with van der Waals surface area (Å²) in [6.45, 7) is 0.709. The zero-order valence-corrected chi connectivity index (χ0v) is 15.3. The Kier molecular flexibility index (Phi) is 6.56. The normalized spacial score (nSPS) is 15.9. The lowest BCUT2D eigenvalue weighted by Gasteiger charge is -2.11. The van der Waals surface area contributed by atoms with E-state index in [2.05, 4.69) is 5.32 Å². The molecule has 1 aromatic heterocycles. The summed E-state index contributed by atoms with van der Waals surface area (Å²) in [5, 5.41) is 3.89. The predicted molar refractivity (Wildman–Crippen MR) is 98.0 cm³/mol. The van der Waals surface area contributed by atoms with Crippen LogP contribution in [0, 0.1) is 0 Å². The van der Waals surface area contributed by atoms with E-state index in [1.54, 1.807) is 41.8 Å². The fourth-order valence-corrected chi connectivity index (χ4v) is 3.12. The van der Waals surface area contributed by atoms with Crippen molar-refractivity contribution in [2.75, 3.05) is 19.8 Å². The summed E-state index contributed by atoms with van der Waals surface area (Å²) in [5.74, 6) is -1.22. The molecule has 1 aliphatic rings. The number of hydrogen-bond donors (Lipinski definition) is 1. The van der Waals surface area contributed by atoms with Gasteiger partial charge in [-0.3, -0.25) is 14.9 Å². The molecule has 1 aliphatic heterocycles. The van der Waals surface area contributed by atoms with Crippen molar-refractivity contribution in [1.82, 2.24) is 5.32 Å². The molecule has 1 N–H and O–H groups in total. The standard InChI is InChI=1S/C19H19NO6S/c21-17(20-18(22)16-4-2-10-27-16)12-26-19(23)13-5-7-14(8-6-13)25-11-15-3-1-9-24-15/h2,4-8,10,15H,1,3,9,11-12H2,(H,20,21,22)/t15-/m0/s1. The van der Waals surface area contributed by atoms with E-state index in [0.29, 0.717) is 17.2 Å². The number of esters is 1. The van der Waals surface area contributed by atoms with Gasteiger partial charge in [0.05, 0.1) is 16.5 Å². The first-order valence-electron chi connectivity index (χ1n) is 8.51. The van der Waals surface area contributed by atoms with E-state index in [1.165, 1.54) is 11.3 Å². The van der Waals surface area contributed by atoms with Gasteiger partial charge in [0.25, 0.3) is 11.8 Å². The highest BCUT2D eigenvalue weighted by Gasteiger charge is 2.17. The number of imide groups is 1. The maximum absolute atomic E-state index is 12.0. The summed E-state index contributed by atoms with van der Waals surface area (Å²) in [6.07, 6.45) is 2.15. The molecule has 0 saturated carbocycles. The lowest BCUT2D eigenvalue weighted by Crippen LogP contribution is -2.33. The monoisotopic (exact) mass is 389 g/mol. The van der Waals surface area contributed by atoms with Gasteiger partial charge in [-0.15, -0.1) is 11.3 Å². The summed E-state index contributed by atoms with van der Waals surface area (Å²) < 4.78 is 16.0. The molecule has 1 aromatic carbocycles. The highest BCUT2D eigenvalue weighted by Crippen LogP contribution is 2.17. The molecule has 2 heterocycles. The lowest BCUT2D eigenvalue weighted by molar-refractivity contribution is -0.123. The van der Waals surface area contributed by atoms with Gasteiger partial charge in [-0.2, -0.15) is 0 Å². The van der Waals surface area contributed by atoms with Crippen molar-refractivity contribution < 1.29 is 28.6 Å². The summed E-state index contributed by atoms with van der Waals surface area (Å²) in [6, 6.07) is 9.74. The van der Waals surface area contributed by atoms with Gasteiger partial charge >= 0.3 is 5.97 Å². The molecule has 7 nitrogen and oxygen atoms in total. The zero-order chi connectivity index (χ0) is 19.1. The van der Waals surface area contributed by atoms with Crippen molar-refractivity contribution in [3.8, 4) is 5.75 Å². The number of hydrogen-bond acceptors (Lipinski definition) is 7. The fraction of sp³-hybridized carbons (Fsp3) is 0.316. The second-order valence-corrected chi connectivity index (χ2v) is 6.85. The molecule has 0 radical (unpaired) electrons. The quantitative estimate of drug-likeness (QED) is 0.732. The van der Waals surface area contributed by atoms with Crippen LogP contribution in [0.25, 0.3) is 0 Å². The molecular formula is C19H19NO6S. The molecule has 3 rings (SSSR count). The van der Waals surface area contributed by atoms with Crippen LogP contribution in [0.15, 0.2) is 41.8 Å². The summed E-state index contributed by atoms with van der Waals surface area (Å²) in [7, 11) is 0. The Balaban J connectivity index is 1.42. The van der Waals surface area contributed by atoms with E-state index < -0.39 is 24.4 Å². The molecule has 0 unspecified atom stereocenters. The lowest BCUT2D eigenvalue weighted by atomic mass is 10.2. The van der Waals surface area contributed by atoms with Gasteiger partial charge in [0.2, 0.25) is 0 Å². The predicted octanol–water partition coefficient (Wildman–Crippen LogP) is 2.42. The fourth-order valence-electron chi connectivity index (χ4n) is 2.50. The minimum absolute atomic E-state index is 0.116. The van der Waals surface area contributed by atoms with Crippen molar-refractivity contribution in [3.05, 3.63) is 52.2 Å². The Morgan fingerprint density at radius 3 is 2.67 bits per heavy atom. The molecule has 0 bridgehead atoms. The first kappa shape index (κ1) is 19.1. The summed E-state index contributed by atoms with van der Waals surface area (Å²) in [5.41, 5.74) is 0.289. The van der Waals surface area contributed by atoms with Gasteiger partial charge in [0, 0.05) is 6.61 Å². The molecule has 2 amide bonds. The van der Waals surface area contributed by atoms with E-state index >= 15 is 0 Å². The van der Waals surface area contributed by atoms with Gasteiger partial charge in [0.15, 0.2) is 6.61 Å². The first-order chi connectivity index (χ1) is 13.1. The Bertz CT molecular complexity index is 781. The molecule has 27 heavy (non-hydrogen) atoms. The average molecular weight is 389 g/mol. The molecule has 1 atom stereocenters. The first-order valence-corrected chi connectivity index (χ1v) is 9.39. The molecule has 1 saturated heterocycles. The maximum Gasteiger partial charge on any atom is 0.338 e. The van der Waals surface area contributed by atoms with Crippen molar-refractivity contribution in [1.29, 1.82) is 0 Å². The topological polar surface area (TPSA) is 90.9 Å². The SMILES string of the molecule is O=C(COC(=O)c1ccc(OC[C@@H]2CCCO2)cc1)NC(=O)c1cccs1. The van der Waals surface area contributed by atoms with Crippen LogP contribution < -0.4 is 10.1 Å². The van der Waals surface area contributed by atoms with E-state index in [4.69, 9.17) is 14.2 Å². The Hall–Kier alpha value is -2.71. The van der Waals surface area contributed by atoms with E-state index in [1.807, 2.05) is 0 Å². The third-order valence-electron chi connectivity index (χ3n) is 3.88. The highest BCUT2D eigenvalue weighted by molar-refractivity contribution is 7.12. The molecule has 142 valence electrons. The molecule has 2 aromatic rings. The molecule has 0 spiro atoms. The smallest absolute Gasteiger partial charge is 0.338 e. The average Bonchev–Trinajstić information content (AvgIpc) is 3.38. The van der Waals surface area contributed by atoms with Crippen LogP contribution >= 0.6 is 11.3 Å². The van der Waals surface area contributed by atoms with Crippen LogP contribution in [-0.2, 0) is 14.3 Å². The van der Waals surface area contributed by atoms with E-state index in [-0.39, 0.29) is 11.7 Å². The third-order valence-corrected chi connectivity index (χ3v) is 4.75. The Morgan fingerprint density at radius 2 is 2.00 bits per heavy atom. The molecule has 0 aliphatic carbocycles. The minimum Gasteiger partial charge on any atom is -0.491 e. The number of nitrogens with one attached hydrogen (secondary N) is 1. The highest BCUT2D eigenvalue weighted by atomic mass is 32.1. The Labute approximate surface area is 160 Å². The minimum atomic E-state index is -0.682. The van der Waals surface area contributed by atoms with Crippen LogP contribution in [0.4, 0.5) is 0 Å². The van der Waals surface area contributed by atoms with Gasteiger partial charge in [-0.25, -0.2) is 4.79 Å². The van der Waals surface area contributed by atoms with Crippen molar-refractivity contribution in [2.24, 2.45) is 0 Å². The van der Waals surface area contributed by atoms with Crippen molar-refractivity contribution in [3.63, 3.8) is 0 Å². The number of amides is 2. The second kappa shape index (κ2) is 9.29. The molecule has 8 heteroatoms. The van der Waals surface area contributed by atoms with Crippen molar-refractivity contribution >= 4 is 29.1 Å². The largest absolute Gasteiger partial charge is 0.491 e. The number of carbonyl (C=O) groups is 3. The van der Waals surface area contributed by atoms with Gasteiger partial charge < -0.3 is 14.2 Å². The third kappa shape index (κ3) is 5.63. The number of rotatable bonds is 7. The second-order valence-electron chi connectivity index (χ2n) is 5.90. The van der Waals surface area contributed by atoms with Gasteiger partial charge in [-0.05, 0) is 48.6 Å². The van der Waals surface area contributed by atoms with Crippen LogP contribution in [0.1, 0.15) is 32.9 Å². The van der Waals surface area contributed by atoms with E-state index in [9.17, 15) is 14.4 Å². The van der Waals surface area contributed by atoms with Crippen LogP contribution in [0.2, 0.25) is 0 Å². The zero-order valence-electron chi connectivity index (χ0n) is 14.5. The van der Waals surface area contributed by atoms with Crippen molar-refractivity contribution in [2.45, 2.75) is 18.9 Å². The Morgan fingerprint density at radius 1 is 1.19 bits per heavy atom. The number of thiophene rings is 1. The van der Waals surface area contributed by atoms with E-state index in [0.717, 1.165) is 19.4 Å². The number of benzene rings is 1. The molecule has 1 fully saturated rings. The summed E-state index contributed by atoms with van der Waals surface area (Å²) >= 11 is 1.22. The molecular weight excluding hydrogens is 370 g/mol. The van der Waals surface area contributed by atoms with Gasteiger partial charge in [-0.1, -0.05) is 6.07 Å². The van der Waals surface area contributed by atoms with Crippen LogP contribution in [0.3, 0.4) is 0 Å². The maximum atomic E-state index is 12.0.